The van der Waals surface area contributed by atoms with Crippen LogP contribution < -0.4 is 5.32 Å². The number of thiophene rings is 1. The molecule has 6 heteroatoms. The smallest absolute Gasteiger partial charge is 0.159 e. The molecule has 296 valence electrons. The Morgan fingerprint density at radius 1 is 0.524 bits per heavy atom. The summed E-state index contributed by atoms with van der Waals surface area (Å²) in [6.07, 6.45) is 1.69. The van der Waals surface area contributed by atoms with Gasteiger partial charge in [0.15, 0.2) is 5.84 Å². The van der Waals surface area contributed by atoms with Crippen molar-refractivity contribution in [1.29, 1.82) is 0 Å². The average molecular weight is 824 g/mol. The highest BCUT2D eigenvalue weighted by molar-refractivity contribution is 7.25. The fraction of sp³-hybridized carbons (Fsp3) is 0.0351. The van der Waals surface area contributed by atoms with E-state index in [-0.39, 0.29) is 12.1 Å². The molecule has 0 saturated heterocycles. The summed E-state index contributed by atoms with van der Waals surface area (Å²) in [5.41, 5.74) is 15.3. The number of pyridine rings is 1. The number of benzene rings is 8. The molecule has 0 saturated carbocycles. The molecule has 1 aliphatic carbocycles. The Bertz CT molecular complexity index is 3640. The molecule has 0 spiro atoms. The normalized spacial score (nSPS) is 15.6. The number of hydrogen-bond acceptors (Lipinski definition) is 5. The van der Waals surface area contributed by atoms with E-state index in [9.17, 15) is 0 Å². The monoisotopic (exact) mass is 823 g/mol. The Morgan fingerprint density at radius 3 is 2.10 bits per heavy atom. The van der Waals surface area contributed by atoms with E-state index in [0.717, 1.165) is 33.8 Å². The predicted octanol–water partition coefficient (Wildman–Crippen LogP) is 13.9. The second kappa shape index (κ2) is 14.3. The maximum Gasteiger partial charge on any atom is 0.159 e. The van der Waals surface area contributed by atoms with E-state index in [1.807, 2.05) is 41.8 Å². The molecule has 3 aromatic heterocycles. The lowest BCUT2D eigenvalue weighted by molar-refractivity contribution is 0.674. The third kappa shape index (κ3) is 5.72. The zero-order valence-electron chi connectivity index (χ0n) is 34.0. The van der Waals surface area contributed by atoms with Crippen molar-refractivity contribution >= 4 is 65.0 Å². The zero-order chi connectivity index (χ0) is 41.4. The average Bonchev–Trinajstić information content (AvgIpc) is 4.02. The number of nitrogens with zero attached hydrogens (tertiary/aromatic N) is 4. The fourth-order valence-electron chi connectivity index (χ4n) is 9.99. The number of aromatic nitrogens is 2. The molecular formula is C57H37N5S. The Morgan fingerprint density at radius 2 is 1.25 bits per heavy atom. The van der Waals surface area contributed by atoms with E-state index in [0.29, 0.717) is 5.84 Å². The molecule has 1 N–H and O–H groups in total. The first kappa shape index (κ1) is 35.8. The quantitative estimate of drug-likeness (QED) is 0.182. The molecule has 8 aromatic carbocycles. The third-order valence-corrected chi connectivity index (χ3v) is 13.9. The number of hydrogen-bond donors (Lipinski definition) is 1. The zero-order valence-corrected chi connectivity index (χ0v) is 34.8. The standard InChI is InChI=1S/C57H37N5S/c1-4-14-36(15-5-1)55-59-56(37-16-6-2-7-17-37)61-57(60-55)38-26-24-35(25-27-38)53-52-46-34-39(28-31-48(46)63-49(52)32-33-58-53)50-42-21-10-11-22-43(42)51-45(50)30-29-44-41-20-12-13-23-47(41)62(54(44)51)40-18-8-3-9-19-40/h1-34,50,55H,(H,59,60,61). The molecule has 11 aromatic rings. The van der Waals surface area contributed by atoms with Gasteiger partial charge in [-0.25, -0.2) is 9.98 Å². The summed E-state index contributed by atoms with van der Waals surface area (Å²) in [6.45, 7) is 0. The summed E-state index contributed by atoms with van der Waals surface area (Å²) < 4.78 is 4.95. The molecule has 2 unspecified atom stereocenters. The van der Waals surface area contributed by atoms with Gasteiger partial charge in [-0.1, -0.05) is 164 Å². The molecule has 2 aliphatic rings. The Hall–Kier alpha value is -7.93. The van der Waals surface area contributed by atoms with Crippen molar-refractivity contribution in [2.24, 2.45) is 9.98 Å². The van der Waals surface area contributed by atoms with E-state index in [4.69, 9.17) is 15.0 Å². The first-order chi connectivity index (χ1) is 31.2. The largest absolute Gasteiger partial charge is 0.344 e. The molecule has 13 rings (SSSR count). The molecule has 0 fully saturated rings. The third-order valence-electron chi connectivity index (χ3n) is 12.8. The minimum Gasteiger partial charge on any atom is -0.344 e. The van der Waals surface area contributed by atoms with Crippen molar-refractivity contribution in [3.8, 4) is 28.1 Å². The minimum atomic E-state index is -0.255. The number of fused-ring (bicyclic) bond motifs is 10. The second-order valence-corrected chi connectivity index (χ2v) is 17.4. The first-order valence-electron chi connectivity index (χ1n) is 21.4. The van der Waals surface area contributed by atoms with E-state index < -0.39 is 0 Å². The van der Waals surface area contributed by atoms with Gasteiger partial charge >= 0.3 is 0 Å². The predicted molar refractivity (Wildman–Crippen MR) is 262 cm³/mol. The van der Waals surface area contributed by atoms with Crippen molar-refractivity contribution < 1.29 is 0 Å². The maximum atomic E-state index is 5.11. The highest BCUT2D eigenvalue weighted by atomic mass is 32.1. The van der Waals surface area contributed by atoms with Crippen molar-refractivity contribution in [2.45, 2.75) is 12.1 Å². The summed E-state index contributed by atoms with van der Waals surface area (Å²) in [7, 11) is 0. The van der Waals surface area contributed by atoms with Crippen LogP contribution >= 0.6 is 11.3 Å². The molecule has 63 heavy (non-hydrogen) atoms. The molecule has 0 bridgehead atoms. The molecular weight excluding hydrogens is 787 g/mol. The van der Waals surface area contributed by atoms with Gasteiger partial charge < -0.3 is 9.88 Å². The van der Waals surface area contributed by atoms with Gasteiger partial charge in [0, 0.05) is 71.0 Å². The lowest BCUT2D eigenvalue weighted by Crippen LogP contribution is -2.33. The fourth-order valence-corrected chi connectivity index (χ4v) is 11.1. The van der Waals surface area contributed by atoms with Crippen LogP contribution in [-0.2, 0) is 0 Å². The van der Waals surface area contributed by atoms with Crippen LogP contribution in [-0.4, -0.2) is 21.2 Å². The van der Waals surface area contributed by atoms with Crippen molar-refractivity contribution in [3.63, 3.8) is 0 Å². The lowest BCUT2D eigenvalue weighted by atomic mass is 9.88. The van der Waals surface area contributed by atoms with Gasteiger partial charge in [0.25, 0.3) is 0 Å². The van der Waals surface area contributed by atoms with E-state index in [2.05, 4.69) is 186 Å². The van der Waals surface area contributed by atoms with Crippen LogP contribution in [0.2, 0.25) is 0 Å². The first-order valence-corrected chi connectivity index (χ1v) is 22.2. The van der Waals surface area contributed by atoms with E-state index >= 15 is 0 Å². The highest BCUT2D eigenvalue weighted by Crippen LogP contribution is 2.53. The Kier molecular flexibility index (Phi) is 8.14. The van der Waals surface area contributed by atoms with Crippen LogP contribution in [0.25, 0.3) is 70.0 Å². The summed E-state index contributed by atoms with van der Waals surface area (Å²) in [4.78, 5) is 15.2. The van der Waals surface area contributed by atoms with Crippen LogP contribution in [0, 0.1) is 0 Å². The van der Waals surface area contributed by atoms with Crippen molar-refractivity contribution in [2.75, 3.05) is 0 Å². The summed E-state index contributed by atoms with van der Waals surface area (Å²) in [5.74, 6) is 1.58. The molecule has 2 atom stereocenters. The van der Waals surface area contributed by atoms with Gasteiger partial charge in [-0.2, -0.15) is 0 Å². The van der Waals surface area contributed by atoms with Crippen LogP contribution in [0.15, 0.2) is 216 Å². The minimum absolute atomic E-state index is 0.0772. The van der Waals surface area contributed by atoms with Crippen LogP contribution in [0.4, 0.5) is 0 Å². The SMILES string of the molecule is c1ccc(C2=NC(c3ccc(-c4nccc5sc6ccc(C7c8ccccc8-c8c7ccc7c9ccccc9n(-c9ccccc9)c87)cc6c45)cc3)=NC(c3ccccc3)N2)cc1. The van der Waals surface area contributed by atoms with Gasteiger partial charge in [0.05, 0.1) is 16.7 Å². The Labute approximate surface area is 368 Å². The summed E-state index contributed by atoms with van der Waals surface area (Å²) in [5, 5.41) is 8.53. The van der Waals surface area contributed by atoms with E-state index in [1.165, 1.54) is 75.5 Å². The lowest BCUT2D eigenvalue weighted by Gasteiger charge is -2.23. The van der Waals surface area contributed by atoms with Gasteiger partial charge in [-0.15, -0.1) is 11.3 Å². The van der Waals surface area contributed by atoms with Crippen molar-refractivity contribution in [3.05, 3.63) is 240 Å². The van der Waals surface area contributed by atoms with Gasteiger partial charge in [-0.05, 0) is 64.2 Å². The van der Waals surface area contributed by atoms with Crippen LogP contribution in [0.5, 0.6) is 0 Å². The number of nitrogens with one attached hydrogen (secondary N) is 1. The topological polar surface area (TPSA) is 54.6 Å². The van der Waals surface area contributed by atoms with Gasteiger partial charge in [0.1, 0.15) is 12.0 Å². The van der Waals surface area contributed by atoms with Crippen LogP contribution in [0.3, 0.4) is 0 Å². The molecule has 5 nitrogen and oxygen atoms in total. The number of rotatable bonds is 6. The molecule has 4 heterocycles. The summed E-state index contributed by atoms with van der Waals surface area (Å²) in [6, 6.07) is 71.9. The van der Waals surface area contributed by atoms with Gasteiger partial charge in [0.2, 0.25) is 0 Å². The van der Waals surface area contributed by atoms with Crippen molar-refractivity contribution in [1.82, 2.24) is 14.9 Å². The molecule has 0 radical (unpaired) electrons. The number of aliphatic imine (C=N–C) groups is 2. The van der Waals surface area contributed by atoms with Gasteiger partial charge in [-0.3, -0.25) is 4.98 Å². The Balaban J connectivity index is 0.934. The summed E-state index contributed by atoms with van der Waals surface area (Å²) >= 11 is 1.83. The molecule has 1 aliphatic heterocycles. The second-order valence-electron chi connectivity index (χ2n) is 16.3. The maximum absolute atomic E-state index is 5.11. The number of amidine groups is 2. The van der Waals surface area contributed by atoms with E-state index in [1.54, 1.807) is 0 Å². The van der Waals surface area contributed by atoms with Crippen LogP contribution in [0.1, 0.15) is 45.5 Å². The molecule has 0 amide bonds. The number of para-hydroxylation sites is 2. The highest BCUT2D eigenvalue weighted by Gasteiger charge is 2.33.